The summed E-state index contributed by atoms with van der Waals surface area (Å²) in [5.41, 5.74) is 1.80. The fraction of sp³-hybridized carbons (Fsp3) is 0.350. The van der Waals surface area contributed by atoms with Crippen LogP contribution in [0, 0.1) is 6.92 Å². The minimum atomic E-state index is -0.942. The molecule has 2 heterocycles. The van der Waals surface area contributed by atoms with Gasteiger partial charge in [0, 0.05) is 12.6 Å². The summed E-state index contributed by atoms with van der Waals surface area (Å²) in [4.78, 5) is 29.0. The fourth-order valence-corrected chi connectivity index (χ4v) is 3.07. The van der Waals surface area contributed by atoms with Gasteiger partial charge in [-0.05, 0) is 18.6 Å². The number of nitrogens with zero attached hydrogens (tertiary/aromatic N) is 1. The Bertz CT molecular complexity index is 867. The third kappa shape index (κ3) is 4.79. The number of hydrogen-bond donors (Lipinski definition) is 1. The summed E-state index contributed by atoms with van der Waals surface area (Å²) >= 11 is 6.22. The first-order chi connectivity index (χ1) is 13.5. The lowest BCUT2D eigenvalue weighted by Crippen LogP contribution is -2.34. The molecule has 1 amide bonds. The molecule has 2 aromatic rings. The van der Waals surface area contributed by atoms with Crippen LogP contribution in [0.4, 0.5) is 0 Å². The Morgan fingerprint density at radius 3 is 2.82 bits per heavy atom. The maximum atomic E-state index is 12.7. The van der Waals surface area contributed by atoms with E-state index in [1.807, 2.05) is 25.1 Å². The fourth-order valence-electron chi connectivity index (χ4n) is 2.86. The number of carbonyl (C=O) groups excluding carboxylic acids is 2. The monoisotopic (exact) mass is 404 g/mol. The van der Waals surface area contributed by atoms with Gasteiger partial charge in [0.1, 0.15) is 11.1 Å². The van der Waals surface area contributed by atoms with Crippen molar-refractivity contribution in [2.75, 3.05) is 20.3 Å². The molecule has 0 spiro atoms. The van der Waals surface area contributed by atoms with Crippen LogP contribution in [0.25, 0.3) is 0 Å². The van der Waals surface area contributed by atoms with Gasteiger partial charge in [0.15, 0.2) is 6.04 Å². The van der Waals surface area contributed by atoms with Gasteiger partial charge in [-0.3, -0.25) is 4.79 Å². The van der Waals surface area contributed by atoms with Crippen molar-refractivity contribution in [3.05, 3.63) is 58.2 Å². The van der Waals surface area contributed by atoms with Gasteiger partial charge in [-0.2, -0.15) is 0 Å². The van der Waals surface area contributed by atoms with Crippen molar-refractivity contribution in [3.63, 3.8) is 0 Å². The lowest BCUT2D eigenvalue weighted by molar-refractivity contribution is -0.143. The molecule has 1 fully saturated rings. The second kappa shape index (κ2) is 9.03. The molecule has 1 aliphatic rings. The lowest BCUT2D eigenvalue weighted by Gasteiger charge is -2.18. The number of benzene rings is 1. The van der Waals surface area contributed by atoms with E-state index in [9.17, 15) is 9.59 Å². The molecule has 3 rings (SSSR count). The smallest absolute Gasteiger partial charge is 0.333 e. The zero-order chi connectivity index (χ0) is 20.1. The molecular weight excluding hydrogens is 384 g/mol. The van der Waals surface area contributed by atoms with Crippen LogP contribution in [0.2, 0.25) is 5.02 Å². The zero-order valence-electron chi connectivity index (χ0n) is 15.6. The third-order valence-electron chi connectivity index (χ3n) is 4.32. The van der Waals surface area contributed by atoms with Gasteiger partial charge < -0.3 is 19.5 Å². The number of carbonyl (C=O) groups is 2. The molecule has 0 radical (unpaired) electrons. The second-order valence-corrected chi connectivity index (χ2v) is 6.87. The van der Waals surface area contributed by atoms with Crippen molar-refractivity contribution < 1.29 is 23.8 Å². The third-order valence-corrected chi connectivity index (χ3v) is 4.59. The molecule has 8 heteroatoms. The Morgan fingerprint density at radius 2 is 2.18 bits per heavy atom. The number of nitrogens with one attached hydrogen (secondary N) is 1. The minimum Gasteiger partial charge on any atom is -0.471 e. The average molecular weight is 405 g/mol. The maximum Gasteiger partial charge on any atom is 0.333 e. The normalized spacial score (nSPS) is 17.0. The van der Waals surface area contributed by atoms with Crippen LogP contribution in [0.1, 0.15) is 33.9 Å². The van der Waals surface area contributed by atoms with Gasteiger partial charge >= 0.3 is 5.97 Å². The highest BCUT2D eigenvalue weighted by molar-refractivity contribution is 6.32. The van der Waals surface area contributed by atoms with E-state index in [0.29, 0.717) is 18.8 Å². The van der Waals surface area contributed by atoms with Gasteiger partial charge in [0.05, 0.1) is 25.9 Å². The SMILES string of the molecule is COC(=O)C(NC(=O)c1cnc(OC2CCOC2)c(Cl)c1)c1cccc(C)c1. The first-order valence-electron chi connectivity index (χ1n) is 8.83. The van der Waals surface area contributed by atoms with E-state index in [1.165, 1.54) is 19.4 Å². The number of halogens is 1. The summed E-state index contributed by atoms with van der Waals surface area (Å²) < 4.78 is 15.8. The summed E-state index contributed by atoms with van der Waals surface area (Å²) in [6.45, 7) is 3.02. The number of aryl methyl sites for hydroxylation is 1. The quantitative estimate of drug-likeness (QED) is 0.745. The first-order valence-corrected chi connectivity index (χ1v) is 9.21. The van der Waals surface area contributed by atoms with Gasteiger partial charge in [-0.15, -0.1) is 0 Å². The Balaban J connectivity index is 1.76. The second-order valence-electron chi connectivity index (χ2n) is 6.46. The number of amides is 1. The van der Waals surface area contributed by atoms with E-state index in [4.69, 9.17) is 25.8 Å². The largest absolute Gasteiger partial charge is 0.471 e. The highest BCUT2D eigenvalue weighted by Crippen LogP contribution is 2.25. The number of ether oxygens (including phenoxy) is 3. The van der Waals surface area contributed by atoms with Crippen LogP contribution < -0.4 is 10.1 Å². The molecule has 1 N–H and O–H groups in total. The molecule has 28 heavy (non-hydrogen) atoms. The summed E-state index contributed by atoms with van der Waals surface area (Å²) in [6.07, 6.45) is 2.02. The predicted molar refractivity (Wildman–Crippen MR) is 103 cm³/mol. The molecule has 0 aliphatic carbocycles. The summed E-state index contributed by atoms with van der Waals surface area (Å²) in [5.74, 6) is -0.821. The van der Waals surface area contributed by atoms with Crippen molar-refractivity contribution in [3.8, 4) is 5.88 Å². The van der Waals surface area contributed by atoms with Gasteiger partial charge in [-0.25, -0.2) is 9.78 Å². The molecule has 1 aromatic heterocycles. The van der Waals surface area contributed by atoms with Crippen LogP contribution in [0.3, 0.4) is 0 Å². The molecule has 1 saturated heterocycles. The van der Waals surface area contributed by atoms with E-state index < -0.39 is 17.9 Å². The van der Waals surface area contributed by atoms with Crippen molar-refractivity contribution in [2.45, 2.75) is 25.5 Å². The van der Waals surface area contributed by atoms with E-state index in [1.54, 1.807) is 6.07 Å². The Kier molecular flexibility index (Phi) is 6.49. The van der Waals surface area contributed by atoms with Crippen molar-refractivity contribution in [1.82, 2.24) is 10.3 Å². The molecule has 0 bridgehead atoms. The van der Waals surface area contributed by atoms with Crippen LogP contribution in [0.15, 0.2) is 36.5 Å². The van der Waals surface area contributed by atoms with Crippen molar-refractivity contribution >= 4 is 23.5 Å². The molecule has 0 saturated carbocycles. The van der Waals surface area contributed by atoms with Crippen molar-refractivity contribution in [1.29, 1.82) is 0 Å². The van der Waals surface area contributed by atoms with E-state index in [-0.39, 0.29) is 22.6 Å². The summed E-state index contributed by atoms with van der Waals surface area (Å²) in [5, 5.41) is 2.89. The molecule has 1 aromatic carbocycles. The minimum absolute atomic E-state index is 0.102. The van der Waals surface area contributed by atoms with Crippen LogP contribution in [-0.2, 0) is 14.3 Å². The summed E-state index contributed by atoms with van der Waals surface area (Å²) in [6, 6.07) is 7.79. The molecular formula is C20H21ClN2O5. The van der Waals surface area contributed by atoms with Crippen LogP contribution in [-0.4, -0.2) is 43.3 Å². The van der Waals surface area contributed by atoms with E-state index in [0.717, 1.165) is 12.0 Å². The van der Waals surface area contributed by atoms with Crippen LogP contribution in [0.5, 0.6) is 5.88 Å². The van der Waals surface area contributed by atoms with Gasteiger partial charge in [0.25, 0.3) is 5.91 Å². The standard InChI is InChI=1S/C20H21ClN2O5/c1-12-4-3-5-13(8-12)17(20(25)26-2)23-18(24)14-9-16(21)19(22-10-14)28-15-6-7-27-11-15/h3-5,8-10,15,17H,6-7,11H2,1-2H3,(H,23,24). The van der Waals surface area contributed by atoms with Crippen molar-refractivity contribution in [2.24, 2.45) is 0 Å². The van der Waals surface area contributed by atoms with E-state index >= 15 is 0 Å². The zero-order valence-corrected chi connectivity index (χ0v) is 16.4. The van der Waals surface area contributed by atoms with Gasteiger partial charge in [-0.1, -0.05) is 41.4 Å². The number of methoxy groups -OCH3 is 1. The number of rotatable bonds is 6. The Labute approximate surface area is 168 Å². The maximum absolute atomic E-state index is 12.7. The summed E-state index contributed by atoms with van der Waals surface area (Å²) in [7, 11) is 1.27. The molecule has 1 aliphatic heterocycles. The number of hydrogen-bond acceptors (Lipinski definition) is 6. The average Bonchev–Trinajstić information content (AvgIpc) is 3.20. The lowest BCUT2D eigenvalue weighted by atomic mass is 10.0. The van der Waals surface area contributed by atoms with Gasteiger partial charge in [0.2, 0.25) is 5.88 Å². The first kappa shape index (κ1) is 20.1. The molecule has 2 unspecified atom stereocenters. The van der Waals surface area contributed by atoms with Crippen LogP contribution >= 0.6 is 11.6 Å². The topological polar surface area (TPSA) is 86.8 Å². The molecule has 2 atom stereocenters. The van der Waals surface area contributed by atoms with E-state index in [2.05, 4.69) is 10.3 Å². The number of pyridine rings is 1. The predicted octanol–water partition coefficient (Wildman–Crippen LogP) is 2.86. The number of aromatic nitrogens is 1. The molecule has 7 nitrogen and oxygen atoms in total. The Hall–Kier alpha value is -2.64. The Morgan fingerprint density at radius 1 is 1.36 bits per heavy atom. The highest BCUT2D eigenvalue weighted by Gasteiger charge is 2.25. The highest BCUT2D eigenvalue weighted by atomic mass is 35.5. The number of esters is 1. The molecule has 148 valence electrons.